The largest absolute Gasteiger partial charge is 0.398 e. The summed E-state index contributed by atoms with van der Waals surface area (Å²) < 4.78 is 5.21. The van der Waals surface area contributed by atoms with E-state index in [-0.39, 0.29) is 0 Å². The number of nitrogens with two attached hydrogens (primary N) is 1. The smallest absolute Gasteiger partial charge is 0.0635 e. The van der Waals surface area contributed by atoms with Gasteiger partial charge in [-0.05, 0) is 49.5 Å². The topological polar surface area (TPSA) is 38.5 Å². The number of halogens is 1. The Morgan fingerprint density at radius 1 is 1.39 bits per heavy atom. The Labute approximate surface area is 114 Å². The Morgan fingerprint density at radius 3 is 2.72 bits per heavy atom. The molecular formula is C14H21ClN2O. The van der Waals surface area contributed by atoms with Crippen molar-refractivity contribution in [2.45, 2.75) is 19.4 Å². The summed E-state index contributed by atoms with van der Waals surface area (Å²) in [5, 5.41) is 0.637. The number of hydrogen-bond donors (Lipinski definition) is 1. The van der Waals surface area contributed by atoms with Crippen molar-refractivity contribution in [2.24, 2.45) is 5.92 Å². The molecule has 0 aliphatic carbocycles. The molecule has 2 N–H and O–H groups in total. The Bertz CT molecular complexity index is 389. The van der Waals surface area contributed by atoms with Crippen LogP contribution in [0.5, 0.6) is 0 Å². The molecule has 1 aliphatic rings. The van der Waals surface area contributed by atoms with Gasteiger partial charge in [0.15, 0.2) is 0 Å². The van der Waals surface area contributed by atoms with E-state index < -0.39 is 0 Å². The molecule has 1 saturated heterocycles. The summed E-state index contributed by atoms with van der Waals surface area (Å²) in [7, 11) is 1.78. The van der Waals surface area contributed by atoms with Crippen LogP contribution in [0, 0.1) is 5.92 Å². The van der Waals surface area contributed by atoms with Crippen LogP contribution >= 0.6 is 11.6 Å². The van der Waals surface area contributed by atoms with E-state index >= 15 is 0 Å². The number of likely N-dealkylation sites (tertiary alicyclic amines) is 1. The van der Waals surface area contributed by atoms with E-state index in [2.05, 4.69) is 11.0 Å². The second-order valence-corrected chi connectivity index (χ2v) is 5.44. The monoisotopic (exact) mass is 268 g/mol. The number of rotatable bonds is 4. The van der Waals surface area contributed by atoms with Crippen LogP contribution in [0.25, 0.3) is 0 Å². The van der Waals surface area contributed by atoms with Crippen molar-refractivity contribution in [1.29, 1.82) is 0 Å². The molecule has 4 heteroatoms. The van der Waals surface area contributed by atoms with Gasteiger partial charge in [-0.15, -0.1) is 0 Å². The number of nitrogen functional groups attached to an aromatic ring is 1. The van der Waals surface area contributed by atoms with Crippen LogP contribution < -0.4 is 5.73 Å². The molecule has 0 bridgehead atoms. The number of benzene rings is 1. The molecule has 3 nitrogen and oxygen atoms in total. The highest BCUT2D eigenvalue weighted by Crippen LogP contribution is 2.23. The molecule has 0 atom stereocenters. The standard InChI is InChI=1S/C14H21ClN2O/c1-18-10-11-4-6-17(7-5-11)9-12-2-3-13(15)14(16)8-12/h2-3,8,11H,4-7,9-10,16H2,1H3. The first-order valence-corrected chi connectivity index (χ1v) is 6.82. The van der Waals surface area contributed by atoms with Gasteiger partial charge < -0.3 is 10.5 Å². The molecule has 18 heavy (non-hydrogen) atoms. The first-order valence-electron chi connectivity index (χ1n) is 6.44. The first kappa shape index (κ1) is 13.7. The van der Waals surface area contributed by atoms with Gasteiger partial charge in [0.25, 0.3) is 0 Å². The highest BCUT2D eigenvalue weighted by Gasteiger charge is 2.19. The number of nitrogens with zero attached hydrogens (tertiary/aromatic N) is 1. The maximum Gasteiger partial charge on any atom is 0.0635 e. The molecule has 1 aromatic rings. The molecule has 2 rings (SSSR count). The van der Waals surface area contributed by atoms with Gasteiger partial charge >= 0.3 is 0 Å². The minimum atomic E-state index is 0.637. The molecule has 1 heterocycles. The lowest BCUT2D eigenvalue weighted by atomic mass is 9.97. The van der Waals surface area contributed by atoms with Crippen molar-refractivity contribution in [3.8, 4) is 0 Å². The van der Waals surface area contributed by atoms with Crippen molar-refractivity contribution in [1.82, 2.24) is 4.90 Å². The lowest BCUT2D eigenvalue weighted by Crippen LogP contribution is -2.34. The quantitative estimate of drug-likeness (QED) is 0.854. The lowest BCUT2D eigenvalue weighted by molar-refractivity contribution is 0.0968. The fraction of sp³-hybridized carbons (Fsp3) is 0.571. The summed E-state index contributed by atoms with van der Waals surface area (Å²) in [5.41, 5.74) is 7.73. The molecule has 0 radical (unpaired) electrons. The Morgan fingerprint density at radius 2 is 2.11 bits per heavy atom. The summed E-state index contributed by atoms with van der Waals surface area (Å²) in [6, 6.07) is 5.91. The van der Waals surface area contributed by atoms with Crippen LogP contribution in [-0.2, 0) is 11.3 Å². The molecule has 0 aromatic heterocycles. The minimum Gasteiger partial charge on any atom is -0.398 e. The summed E-state index contributed by atoms with van der Waals surface area (Å²) in [5.74, 6) is 0.724. The molecule has 0 saturated carbocycles. The van der Waals surface area contributed by atoms with Gasteiger partial charge in [-0.3, -0.25) is 4.90 Å². The van der Waals surface area contributed by atoms with E-state index in [9.17, 15) is 0 Å². The molecule has 1 aromatic carbocycles. The van der Waals surface area contributed by atoms with E-state index in [1.54, 1.807) is 7.11 Å². The van der Waals surface area contributed by atoms with E-state index in [0.29, 0.717) is 10.7 Å². The van der Waals surface area contributed by atoms with E-state index in [1.807, 2.05) is 12.1 Å². The number of hydrogen-bond acceptors (Lipinski definition) is 3. The number of methoxy groups -OCH3 is 1. The highest BCUT2D eigenvalue weighted by atomic mass is 35.5. The normalized spacial score (nSPS) is 18.1. The van der Waals surface area contributed by atoms with Gasteiger partial charge in [0.1, 0.15) is 0 Å². The van der Waals surface area contributed by atoms with Gasteiger partial charge in [0.05, 0.1) is 10.7 Å². The van der Waals surface area contributed by atoms with Gasteiger partial charge in [0.2, 0.25) is 0 Å². The maximum absolute atomic E-state index is 5.92. The van der Waals surface area contributed by atoms with E-state index in [0.717, 1.165) is 32.2 Å². The second-order valence-electron chi connectivity index (χ2n) is 5.03. The summed E-state index contributed by atoms with van der Waals surface area (Å²) >= 11 is 5.92. The minimum absolute atomic E-state index is 0.637. The molecule has 1 fully saturated rings. The third kappa shape index (κ3) is 3.61. The number of ether oxygens (including phenoxy) is 1. The van der Waals surface area contributed by atoms with Crippen LogP contribution in [-0.4, -0.2) is 31.7 Å². The van der Waals surface area contributed by atoms with Gasteiger partial charge in [-0.1, -0.05) is 17.7 Å². The Balaban J connectivity index is 1.85. The molecule has 100 valence electrons. The predicted molar refractivity (Wildman–Crippen MR) is 75.7 cm³/mol. The maximum atomic E-state index is 5.92. The fourth-order valence-corrected chi connectivity index (χ4v) is 2.61. The van der Waals surface area contributed by atoms with Crippen molar-refractivity contribution >= 4 is 17.3 Å². The van der Waals surface area contributed by atoms with Crippen molar-refractivity contribution < 1.29 is 4.74 Å². The molecule has 1 aliphatic heterocycles. The molecule has 0 unspecified atom stereocenters. The number of piperidine rings is 1. The lowest BCUT2D eigenvalue weighted by Gasteiger charge is -2.31. The molecular weight excluding hydrogens is 248 g/mol. The van der Waals surface area contributed by atoms with Crippen LogP contribution in [0.1, 0.15) is 18.4 Å². The summed E-state index contributed by atoms with van der Waals surface area (Å²) in [6.45, 7) is 4.12. The zero-order valence-corrected chi connectivity index (χ0v) is 11.6. The van der Waals surface area contributed by atoms with Gasteiger partial charge in [-0.25, -0.2) is 0 Å². The summed E-state index contributed by atoms with van der Waals surface area (Å²) in [4.78, 5) is 2.47. The Hall–Kier alpha value is -0.770. The van der Waals surface area contributed by atoms with Crippen LogP contribution in [0.2, 0.25) is 5.02 Å². The van der Waals surface area contributed by atoms with Gasteiger partial charge in [0, 0.05) is 20.3 Å². The van der Waals surface area contributed by atoms with Crippen LogP contribution in [0.3, 0.4) is 0 Å². The van der Waals surface area contributed by atoms with Crippen LogP contribution in [0.15, 0.2) is 18.2 Å². The predicted octanol–water partition coefficient (Wildman–Crippen LogP) is 2.78. The highest BCUT2D eigenvalue weighted by molar-refractivity contribution is 6.33. The van der Waals surface area contributed by atoms with E-state index in [4.69, 9.17) is 22.1 Å². The number of anilines is 1. The molecule has 0 spiro atoms. The van der Waals surface area contributed by atoms with Crippen LogP contribution in [0.4, 0.5) is 5.69 Å². The fourth-order valence-electron chi connectivity index (χ4n) is 2.50. The van der Waals surface area contributed by atoms with Crippen molar-refractivity contribution in [3.05, 3.63) is 28.8 Å². The third-order valence-electron chi connectivity index (χ3n) is 3.58. The van der Waals surface area contributed by atoms with Crippen molar-refractivity contribution in [3.63, 3.8) is 0 Å². The third-order valence-corrected chi connectivity index (χ3v) is 3.92. The second kappa shape index (κ2) is 6.41. The first-order chi connectivity index (χ1) is 8.69. The van der Waals surface area contributed by atoms with E-state index in [1.165, 1.54) is 18.4 Å². The van der Waals surface area contributed by atoms with Crippen molar-refractivity contribution in [2.75, 3.05) is 32.5 Å². The zero-order chi connectivity index (χ0) is 13.0. The average molecular weight is 269 g/mol. The summed E-state index contributed by atoms with van der Waals surface area (Å²) in [6.07, 6.45) is 2.44. The zero-order valence-electron chi connectivity index (χ0n) is 10.9. The van der Waals surface area contributed by atoms with Gasteiger partial charge in [-0.2, -0.15) is 0 Å². The SMILES string of the molecule is COCC1CCN(Cc2ccc(Cl)c(N)c2)CC1. The average Bonchev–Trinajstić information content (AvgIpc) is 2.37. The Kier molecular flexibility index (Phi) is 4.87. The molecule has 0 amide bonds.